The van der Waals surface area contributed by atoms with Crippen LogP contribution in [-0.4, -0.2) is 46.5 Å². The van der Waals surface area contributed by atoms with Crippen LogP contribution in [0.2, 0.25) is 0 Å². The van der Waals surface area contributed by atoms with Crippen molar-refractivity contribution in [3.63, 3.8) is 0 Å². The number of nitrogens with one attached hydrogen (secondary N) is 1. The van der Waals surface area contributed by atoms with Crippen LogP contribution in [-0.2, 0) is 17.9 Å². The van der Waals surface area contributed by atoms with E-state index in [1.807, 2.05) is 6.07 Å². The Morgan fingerprint density at radius 3 is 2.56 bits per heavy atom. The standard InChI is InChI=1S/C19H23N5O/c25-18(14-23-11-15-5-1-2-6-16(15)12-23)22-17-7-3-10-24(13-17)19-20-8-4-9-21-19/h1-2,4-6,8-9,17H,3,7,10-14H2,(H,22,25). The van der Waals surface area contributed by atoms with Gasteiger partial charge in [0.15, 0.2) is 0 Å². The molecule has 1 aromatic carbocycles. The van der Waals surface area contributed by atoms with Crippen LogP contribution in [0, 0.1) is 0 Å². The first kappa shape index (κ1) is 16.0. The lowest BCUT2D eigenvalue weighted by molar-refractivity contribution is -0.123. The quantitative estimate of drug-likeness (QED) is 0.918. The number of hydrogen-bond acceptors (Lipinski definition) is 5. The first-order chi connectivity index (χ1) is 12.3. The number of amides is 1. The van der Waals surface area contributed by atoms with Crippen LogP contribution in [0.4, 0.5) is 5.95 Å². The summed E-state index contributed by atoms with van der Waals surface area (Å²) in [5.74, 6) is 0.852. The lowest BCUT2D eigenvalue weighted by Crippen LogP contribution is -2.50. The highest BCUT2D eigenvalue weighted by molar-refractivity contribution is 5.78. The van der Waals surface area contributed by atoms with E-state index in [0.29, 0.717) is 6.54 Å². The molecule has 130 valence electrons. The topological polar surface area (TPSA) is 61.4 Å². The molecule has 0 radical (unpaired) electrons. The van der Waals surface area contributed by atoms with Gasteiger partial charge >= 0.3 is 0 Å². The van der Waals surface area contributed by atoms with Gasteiger partial charge in [0.2, 0.25) is 11.9 Å². The largest absolute Gasteiger partial charge is 0.350 e. The van der Waals surface area contributed by atoms with Gasteiger partial charge in [0, 0.05) is 44.6 Å². The summed E-state index contributed by atoms with van der Waals surface area (Å²) in [7, 11) is 0. The molecular formula is C19H23N5O. The minimum atomic E-state index is 0.105. The summed E-state index contributed by atoms with van der Waals surface area (Å²) in [6.07, 6.45) is 5.57. The molecule has 1 aromatic heterocycles. The number of fused-ring (bicyclic) bond motifs is 1. The Kier molecular flexibility index (Phi) is 4.61. The molecule has 6 heteroatoms. The fourth-order valence-electron chi connectivity index (χ4n) is 3.72. The average Bonchev–Trinajstić information content (AvgIpc) is 3.04. The second kappa shape index (κ2) is 7.19. The molecule has 1 atom stereocenters. The lowest BCUT2D eigenvalue weighted by Gasteiger charge is -2.33. The predicted molar refractivity (Wildman–Crippen MR) is 96.0 cm³/mol. The third-order valence-electron chi connectivity index (χ3n) is 4.89. The van der Waals surface area contributed by atoms with Crippen molar-refractivity contribution in [2.45, 2.75) is 32.0 Å². The van der Waals surface area contributed by atoms with E-state index < -0.39 is 0 Å². The molecule has 0 aliphatic carbocycles. The highest BCUT2D eigenvalue weighted by Gasteiger charge is 2.25. The van der Waals surface area contributed by atoms with E-state index in [4.69, 9.17) is 0 Å². The fraction of sp³-hybridized carbons (Fsp3) is 0.421. The van der Waals surface area contributed by atoms with Crippen LogP contribution < -0.4 is 10.2 Å². The van der Waals surface area contributed by atoms with Gasteiger partial charge in [-0.05, 0) is 30.0 Å². The Balaban J connectivity index is 1.29. The van der Waals surface area contributed by atoms with Gasteiger partial charge < -0.3 is 10.2 Å². The van der Waals surface area contributed by atoms with Gasteiger partial charge in [0.25, 0.3) is 0 Å². The Labute approximate surface area is 147 Å². The number of carbonyl (C=O) groups is 1. The van der Waals surface area contributed by atoms with Crippen LogP contribution in [0.5, 0.6) is 0 Å². The second-order valence-electron chi connectivity index (χ2n) is 6.82. The van der Waals surface area contributed by atoms with Crippen molar-refractivity contribution in [3.05, 3.63) is 53.9 Å². The van der Waals surface area contributed by atoms with Crippen LogP contribution in [0.25, 0.3) is 0 Å². The van der Waals surface area contributed by atoms with Crippen molar-refractivity contribution in [3.8, 4) is 0 Å². The maximum atomic E-state index is 12.5. The van der Waals surface area contributed by atoms with Gasteiger partial charge in [-0.15, -0.1) is 0 Å². The molecular weight excluding hydrogens is 314 g/mol. The molecule has 1 saturated heterocycles. The molecule has 1 unspecified atom stereocenters. The number of piperidine rings is 1. The molecule has 1 fully saturated rings. The zero-order valence-corrected chi connectivity index (χ0v) is 14.3. The number of benzene rings is 1. The Bertz CT molecular complexity index is 711. The Morgan fingerprint density at radius 1 is 1.12 bits per heavy atom. The molecule has 2 aromatic rings. The molecule has 0 saturated carbocycles. The summed E-state index contributed by atoms with van der Waals surface area (Å²) in [6.45, 7) is 3.89. The Hall–Kier alpha value is -2.47. The molecule has 3 heterocycles. The minimum Gasteiger partial charge on any atom is -0.350 e. The van der Waals surface area contributed by atoms with Crippen LogP contribution in [0.3, 0.4) is 0 Å². The van der Waals surface area contributed by atoms with Crippen molar-refractivity contribution < 1.29 is 4.79 Å². The van der Waals surface area contributed by atoms with E-state index in [9.17, 15) is 4.79 Å². The highest BCUT2D eigenvalue weighted by Crippen LogP contribution is 2.21. The normalized spacial score (nSPS) is 20.3. The number of nitrogens with zero attached hydrogens (tertiary/aromatic N) is 4. The SMILES string of the molecule is O=C(CN1Cc2ccccc2C1)NC1CCCN(c2ncccn2)C1. The van der Waals surface area contributed by atoms with E-state index in [2.05, 4.69) is 49.4 Å². The predicted octanol–water partition coefficient (Wildman–Crippen LogP) is 1.58. The first-order valence-electron chi connectivity index (χ1n) is 8.88. The molecule has 2 aliphatic heterocycles. The van der Waals surface area contributed by atoms with Crippen molar-refractivity contribution in [2.75, 3.05) is 24.5 Å². The summed E-state index contributed by atoms with van der Waals surface area (Å²) in [4.78, 5) is 25.4. The number of hydrogen-bond donors (Lipinski definition) is 1. The first-order valence-corrected chi connectivity index (χ1v) is 8.88. The molecule has 0 spiro atoms. The molecule has 25 heavy (non-hydrogen) atoms. The number of rotatable bonds is 4. The van der Waals surface area contributed by atoms with Crippen molar-refractivity contribution in [1.82, 2.24) is 20.2 Å². The lowest BCUT2D eigenvalue weighted by atomic mass is 10.1. The highest BCUT2D eigenvalue weighted by atomic mass is 16.2. The number of aromatic nitrogens is 2. The monoisotopic (exact) mass is 337 g/mol. The number of carbonyl (C=O) groups excluding carboxylic acids is 1. The molecule has 0 bridgehead atoms. The maximum absolute atomic E-state index is 12.5. The summed E-state index contributed by atoms with van der Waals surface area (Å²) in [6, 6.07) is 10.4. The molecule has 6 nitrogen and oxygen atoms in total. The van der Waals surface area contributed by atoms with E-state index in [0.717, 1.165) is 45.0 Å². The van der Waals surface area contributed by atoms with E-state index in [1.165, 1.54) is 11.1 Å². The average molecular weight is 337 g/mol. The third kappa shape index (κ3) is 3.79. The van der Waals surface area contributed by atoms with E-state index in [-0.39, 0.29) is 11.9 Å². The van der Waals surface area contributed by atoms with Crippen LogP contribution in [0.1, 0.15) is 24.0 Å². The van der Waals surface area contributed by atoms with E-state index in [1.54, 1.807) is 12.4 Å². The maximum Gasteiger partial charge on any atom is 0.234 e. The van der Waals surface area contributed by atoms with Crippen LogP contribution >= 0.6 is 0 Å². The van der Waals surface area contributed by atoms with Crippen molar-refractivity contribution >= 4 is 11.9 Å². The summed E-state index contributed by atoms with van der Waals surface area (Å²) in [5, 5.41) is 3.19. The zero-order chi connectivity index (χ0) is 17.1. The molecule has 4 rings (SSSR count). The summed E-state index contributed by atoms with van der Waals surface area (Å²) < 4.78 is 0. The van der Waals surface area contributed by atoms with Gasteiger partial charge in [0.1, 0.15) is 0 Å². The van der Waals surface area contributed by atoms with Crippen molar-refractivity contribution in [1.29, 1.82) is 0 Å². The van der Waals surface area contributed by atoms with Gasteiger partial charge in [-0.3, -0.25) is 9.69 Å². The van der Waals surface area contributed by atoms with Gasteiger partial charge in [-0.1, -0.05) is 24.3 Å². The Morgan fingerprint density at radius 2 is 1.84 bits per heavy atom. The summed E-state index contributed by atoms with van der Waals surface area (Å²) >= 11 is 0. The fourth-order valence-corrected chi connectivity index (χ4v) is 3.72. The van der Waals surface area contributed by atoms with Crippen molar-refractivity contribution in [2.24, 2.45) is 0 Å². The number of anilines is 1. The summed E-state index contributed by atoms with van der Waals surface area (Å²) in [5.41, 5.74) is 2.67. The minimum absolute atomic E-state index is 0.105. The van der Waals surface area contributed by atoms with Gasteiger partial charge in [-0.2, -0.15) is 0 Å². The second-order valence-corrected chi connectivity index (χ2v) is 6.82. The van der Waals surface area contributed by atoms with E-state index >= 15 is 0 Å². The molecule has 1 N–H and O–H groups in total. The van der Waals surface area contributed by atoms with Gasteiger partial charge in [-0.25, -0.2) is 9.97 Å². The van der Waals surface area contributed by atoms with Gasteiger partial charge in [0.05, 0.1) is 6.54 Å². The smallest absolute Gasteiger partial charge is 0.234 e. The zero-order valence-electron chi connectivity index (χ0n) is 14.3. The molecule has 2 aliphatic rings. The molecule has 1 amide bonds. The third-order valence-corrected chi connectivity index (χ3v) is 4.89. The van der Waals surface area contributed by atoms with Crippen LogP contribution in [0.15, 0.2) is 42.7 Å².